The van der Waals surface area contributed by atoms with Crippen molar-refractivity contribution >= 4 is 21.6 Å². The molecule has 3 atom stereocenters. The van der Waals surface area contributed by atoms with Gasteiger partial charge < -0.3 is 20.1 Å². The van der Waals surface area contributed by atoms with E-state index in [0.29, 0.717) is 24.7 Å². The Labute approximate surface area is 251 Å². The topological polar surface area (TPSA) is 122 Å². The Morgan fingerprint density at radius 2 is 1.77 bits per heavy atom. The van der Waals surface area contributed by atoms with Crippen LogP contribution in [0.3, 0.4) is 0 Å². The molecule has 0 saturated carbocycles. The van der Waals surface area contributed by atoms with Gasteiger partial charge >= 0.3 is 12.3 Å². The van der Waals surface area contributed by atoms with Crippen LogP contribution in [0.4, 0.5) is 27.8 Å². The van der Waals surface area contributed by atoms with E-state index in [1.165, 1.54) is 49.5 Å². The zero-order valence-corrected chi connectivity index (χ0v) is 24.6. The summed E-state index contributed by atoms with van der Waals surface area (Å²) in [6, 6.07) is 8.87. The highest BCUT2D eigenvalue weighted by atomic mass is 32.2. The molecule has 1 amide bonds. The van der Waals surface area contributed by atoms with Gasteiger partial charge in [-0.2, -0.15) is 22.0 Å². The van der Waals surface area contributed by atoms with E-state index in [-0.39, 0.29) is 41.0 Å². The molecular formula is C29H31F5N4O5S. The van der Waals surface area contributed by atoms with Crippen molar-refractivity contribution in [3.05, 3.63) is 83.3 Å². The Balaban J connectivity index is 1.49. The third-order valence-corrected chi connectivity index (χ3v) is 9.02. The maximum atomic E-state index is 13.5. The minimum atomic E-state index is -4.49. The molecule has 2 aromatic heterocycles. The Hall–Kier alpha value is -3.69. The summed E-state index contributed by atoms with van der Waals surface area (Å²) in [5.41, 5.74) is 0.165. The number of alkyl halides is 5. The van der Waals surface area contributed by atoms with E-state index in [9.17, 15) is 40.3 Å². The van der Waals surface area contributed by atoms with Crippen LogP contribution < -0.4 is 10.2 Å². The lowest BCUT2D eigenvalue weighted by atomic mass is 9.95. The molecule has 1 aliphatic rings. The van der Waals surface area contributed by atoms with Gasteiger partial charge in [0.1, 0.15) is 5.82 Å². The molecule has 0 bridgehead atoms. The number of aromatic nitrogens is 2. The van der Waals surface area contributed by atoms with Crippen LogP contribution in [0.1, 0.15) is 59.4 Å². The standard InChI is InChI=1S/C29H31F5N4O5S/c1-3-44(41,42)23-9-10-24(35-14-23)25(16-39)37-27(40)19-6-11-26(36-13-19)38-15-20(12-22(38)17-43-28(2,30)31)18-4-7-21(8-5-18)29(32,33)34/h4-11,13-14,20,22,25,39H,3,12,15-17H2,1-2H3,(H,37,40)/t20?,22-,25-/m0/s1. The number of ether oxygens (including phenoxy) is 1. The van der Waals surface area contributed by atoms with Crippen LogP contribution in [-0.4, -0.2) is 67.1 Å². The third-order valence-electron chi connectivity index (χ3n) is 7.30. The highest BCUT2D eigenvalue weighted by molar-refractivity contribution is 7.91. The van der Waals surface area contributed by atoms with Gasteiger partial charge in [0.15, 0.2) is 9.84 Å². The van der Waals surface area contributed by atoms with Crippen molar-refractivity contribution in [2.24, 2.45) is 0 Å². The van der Waals surface area contributed by atoms with Crippen molar-refractivity contribution in [2.45, 2.75) is 55.5 Å². The number of benzene rings is 1. The lowest BCUT2D eigenvalue weighted by molar-refractivity contribution is -0.225. The van der Waals surface area contributed by atoms with E-state index < -0.39 is 52.3 Å². The summed E-state index contributed by atoms with van der Waals surface area (Å²) in [5.74, 6) is -0.664. The van der Waals surface area contributed by atoms with Crippen molar-refractivity contribution in [3.63, 3.8) is 0 Å². The van der Waals surface area contributed by atoms with E-state index in [1.807, 2.05) is 0 Å². The number of aliphatic hydroxyl groups is 1. The Bertz CT molecular complexity index is 1530. The number of carbonyl (C=O) groups excluding carboxylic acids is 1. The molecule has 0 radical (unpaired) electrons. The molecule has 4 rings (SSSR count). The fraction of sp³-hybridized carbons (Fsp3) is 0.414. The second-order valence-corrected chi connectivity index (χ2v) is 12.7. The van der Waals surface area contributed by atoms with Gasteiger partial charge in [0, 0.05) is 31.8 Å². The summed E-state index contributed by atoms with van der Waals surface area (Å²) < 4.78 is 94.9. The predicted molar refractivity (Wildman–Crippen MR) is 150 cm³/mol. The molecule has 1 aromatic carbocycles. The number of nitrogens with one attached hydrogen (secondary N) is 1. The maximum Gasteiger partial charge on any atom is 0.416 e. The summed E-state index contributed by atoms with van der Waals surface area (Å²) in [5, 5.41) is 12.4. The van der Waals surface area contributed by atoms with Gasteiger partial charge in [0.05, 0.1) is 52.8 Å². The van der Waals surface area contributed by atoms with Crippen LogP contribution in [-0.2, 0) is 20.8 Å². The fourth-order valence-electron chi connectivity index (χ4n) is 4.88. The maximum absolute atomic E-state index is 13.5. The number of aliphatic hydroxyl groups excluding tert-OH is 1. The van der Waals surface area contributed by atoms with Crippen molar-refractivity contribution < 1.29 is 45.0 Å². The minimum absolute atomic E-state index is 0.0142. The fourth-order valence-corrected chi connectivity index (χ4v) is 5.70. The van der Waals surface area contributed by atoms with Crippen molar-refractivity contribution in [3.8, 4) is 0 Å². The molecule has 0 aliphatic carbocycles. The van der Waals surface area contributed by atoms with Gasteiger partial charge in [-0.1, -0.05) is 19.1 Å². The van der Waals surface area contributed by atoms with E-state index >= 15 is 0 Å². The van der Waals surface area contributed by atoms with Crippen LogP contribution in [0.5, 0.6) is 0 Å². The normalized spacial score (nSPS) is 18.3. The summed E-state index contributed by atoms with van der Waals surface area (Å²) in [6.07, 6.45) is -5.15. The molecule has 2 N–H and O–H groups in total. The summed E-state index contributed by atoms with van der Waals surface area (Å²) in [7, 11) is -3.48. The molecular weight excluding hydrogens is 611 g/mol. The Kier molecular flexibility index (Phi) is 9.90. The van der Waals surface area contributed by atoms with Gasteiger partial charge in [0.25, 0.3) is 5.91 Å². The predicted octanol–water partition coefficient (Wildman–Crippen LogP) is 4.74. The Morgan fingerprint density at radius 3 is 2.30 bits per heavy atom. The number of pyridine rings is 2. The first kappa shape index (κ1) is 33.2. The summed E-state index contributed by atoms with van der Waals surface area (Å²) >= 11 is 0. The lowest BCUT2D eigenvalue weighted by Gasteiger charge is -2.26. The SMILES string of the molecule is CCS(=O)(=O)c1ccc([C@H](CO)NC(=O)c2ccc(N3CC(c4ccc(C(F)(F)F)cc4)C[C@H]3COC(C)(F)F)nc2)nc1. The van der Waals surface area contributed by atoms with E-state index in [1.54, 1.807) is 4.90 Å². The first-order chi connectivity index (χ1) is 20.6. The third kappa shape index (κ3) is 8.07. The van der Waals surface area contributed by atoms with Crippen LogP contribution in [0.2, 0.25) is 0 Å². The average Bonchev–Trinajstić information content (AvgIpc) is 3.42. The van der Waals surface area contributed by atoms with Crippen LogP contribution in [0, 0.1) is 0 Å². The molecule has 9 nitrogen and oxygen atoms in total. The number of hydrogen-bond donors (Lipinski definition) is 2. The highest BCUT2D eigenvalue weighted by Crippen LogP contribution is 2.37. The number of halogens is 5. The van der Waals surface area contributed by atoms with Crippen molar-refractivity contribution in [1.29, 1.82) is 0 Å². The smallest absolute Gasteiger partial charge is 0.394 e. The number of amides is 1. The van der Waals surface area contributed by atoms with Crippen LogP contribution in [0.15, 0.2) is 65.8 Å². The van der Waals surface area contributed by atoms with Gasteiger partial charge in [0.2, 0.25) is 0 Å². The second kappa shape index (κ2) is 13.1. The number of sulfone groups is 1. The molecule has 1 fully saturated rings. The molecule has 1 saturated heterocycles. The molecule has 1 aliphatic heterocycles. The quantitative estimate of drug-likeness (QED) is 0.288. The van der Waals surface area contributed by atoms with Crippen molar-refractivity contribution in [2.75, 3.05) is 30.4 Å². The highest BCUT2D eigenvalue weighted by Gasteiger charge is 2.37. The summed E-state index contributed by atoms with van der Waals surface area (Å²) in [6.45, 7) is 1.48. The van der Waals surface area contributed by atoms with Gasteiger partial charge in [-0.05, 0) is 48.4 Å². The molecule has 3 aromatic rings. The summed E-state index contributed by atoms with van der Waals surface area (Å²) in [4.78, 5) is 23.1. The van der Waals surface area contributed by atoms with Gasteiger partial charge in [-0.15, -0.1) is 0 Å². The minimum Gasteiger partial charge on any atom is -0.394 e. The van der Waals surface area contributed by atoms with E-state index in [4.69, 9.17) is 4.74 Å². The van der Waals surface area contributed by atoms with Gasteiger partial charge in [-0.3, -0.25) is 9.78 Å². The van der Waals surface area contributed by atoms with Gasteiger partial charge in [-0.25, -0.2) is 13.4 Å². The second-order valence-electron chi connectivity index (χ2n) is 10.4. The first-order valence-corrected chi connectivity index (χ1v) is 15.3. The number of rotatable bonds is 11. The zero-order valence-electron chi connectivity index (χ0n) is 23.8. The first-order valence-electron chi connectivity index (χ1n) is 13.6. The number of anilines is 1. The monoisotopic (exact) mass is 642 g/mol. The number of hydrogen-bond acceptors (Lipinski definition) is 8. The largest absolute Gasteiger partial charge is 0.416 e. The lowest BCUT2D eigenvalue weighted by Crippen LogP contribution is -2.36. The zero-order chi connectivity index (χ0) is 32.3. The molecule has 0 spiro atoms. The Morgan fingerprint density at radius 1 is 1.07 bits per heavy atom. The molecule has 44 heavy (non-hydrogen) atoms. The molecule has 1 unspecified atom stereocenters. The molecule has 15 heteroatoms. The van der Waals surface area contributed by atoms with Crippen LogP contribution >= 0.6 is 0 Å². The number of carbonyl (C=O) groups is 1. The molecule has 238 valence electrons. The molecule has 3 heterocycles. The van der Waals surface area contributed by atoms with E-state index in [2.05, 4.69) is 15.3 Å². The van der Waals surface area contributed by atoms with Crippen LogP contribution in [0.25, 0.3) is 0 Å². The number of nitrogens with zero attached hydrogens (tertiary/aromatic N) is 3. The van der Waals surface area contributed by atoms with E-state index in [0.717, 1.165) is 18.3 Å². The van der Waals surface area contributed by atoms with Crippen molar-refractivity contribution in [1.82, 2.24) is 15.3 Å². The average molecular weight is 643 g/mol.